The number of halogens is 5. The topological polar surface area (TPSA) is 75.5 Å². The van der Waals surface area contributed by atoms with E-state index in [1.165, 1.54) is 25.1 Å². The first kappa shape index (κ1) is 27.5. The average molecular weight is 561 g/mol. The molecule has 2 aromatic carbocycles. The third-order valence-electron chi connectivity index (χ3n) is 6.52. The van der Waals surface area contributed by atoms with Crippen LogP contribution in [-0.4, -0.2) is 66.7 Å². The summed E-state index contributed by atoms with van der Waals surface area (Å²) in [6.07, 6.45) is -3.90. The van der Waals surface area contributed by atoms with Crippen molar-refractivity contribution in [3.63, 3.8) is 0 Å². The highest BCUT2D eigenvalue weighted by Gasteiger charge is 2.37. The maximum absolute atomic E-state index is 15.5. The molecule has 1 aliphatic rings. The zero-order chi connectivity index (χ0) is 27.1. The molecule has 3 aromatic rings. The Morgan fingerprint density at radius 1 is 1.08 bits per heavy atom. The van der Waals surface area contributed by atoms with Crippen molar-refractivity contribution in [3.05, 3.63) is 68.5 Å². The summed E-state index contributed by atoms with van der Waals surface area (Å²) in [7, 11) is -1.79. The second-order valence-corrected chi connectivity index (χ2v) is 11.7. The van der Waals surface area contributed by atoms with Crippen LogP contribution in [0, 0.1) is 5.82 Å². The smallest absolute Gasteiger partial charge is 0.304 e. The second kappa shape index (κ2) is 10.3. The molecule has 1 fully saturated rings. The van der Waals surface area contributed by atoms with Gasteiger partial charge in [0.25, 0.3) is 5.56 Å². The Hall–Kier alpha value is -2.54. The highest BCUT2D eigenvalue weighted by Crippen LogP contribution is 2.36. The second-order valence-electron chi connectivity index (χ2n) is 9.02. The van der Waals surface area contributed by atoms with Crippen molar-refractivity contribution >= 4 is 32.3 Å². The number of hydrogen-bond donors (Lipinski definition) is 0. The van der Waals surface area contributed by atoms with Crippen LogP contribution in [0.4, 0.5) is 17.6 Å². The van der Waals surface area contributed by atoms with Gasteiger partial charge in [0.15, 0.2) is 15.7 Å². The zero-order valence-electron chi connectivity index (χ0n) is 20.1. The molecule has 1 aromatic heterocycles. The summed E-state index contributed by atoms with van der Waals surface area (Å²) in [5.74, 6) is -1.40. The molecule has 1 saturated heterocycles. The van der Waals surface area contributed by atoms with E-state index >= 15 is 4.39 Å². The van der Waals surface area contributed by atoms with E-state index in [1.54, 1.807) is 4.90 Å². The van der Waals surface area contributed by atoms with Crippen LogP contribution in [0.1, 0.15) is 23.6 Å². The van der Waals surface area contributed by atoms with Gasteiger partial charge in [-0.25, -0.2) is 17.8 Å². The van der Waals surface area contributed by atoms with Gasteiger partial charge < -0.3 is 4.90 Å². The van der Waals surface area contributed by atoms with Gasteiger partial charge in [0, 0.05) is 43.3 Å². The maximum atomic E-state index is 15.5. The Labute approximate surface area is 216 Å². The fourth-order valence-corrected chi connectivity index (χ4v) is 5.67. The molecule has 0 N–H and O–H groups in total. The van der Waals surface area contributed by atoms with Crippen LogP contribution >= 0.6 is 11.6 Å². The molecular formula is C24H25ClF4N4O3S. The number of hydrogen-bond acceptors (Lipinski definition) is 6. The minimum Gasteiger partial charge on any atom is -0.304 e. The maximum Gasteiger partial charge on any atom is 0.416 e. The van der Waals surface area contributed by atoms with Gasteiger partial charge in [0.1, 0.15) is 5.52 Å². The minimum absolute atomic E-state index is 0.0592. The molecule has 1 aliphatic heterocycles. The third-order valence-corrected chi connectivity index (χ3v) is 8.58. The van der Waals surface area contributed by atoms with Gasteiger partial charge in [-0.05, 0) is 36.9 Å². The number of fused-ring (bicyclic) bond motifs is 1. The molecule has 4 rings (SSSR count). The van der Waals surface area contributed by atoms with Gasteiger partial charge in [-0.1, -0.05) is 18.5 Å². The summed E-state index contributed by atoms with van der Waals surface area (Å²) in [6.45, 7) is 3.08. The Kier molecular flexibility index (Phi) is 7.67. The number of rotatable bonds is 6. The Morgan fingerprint density at radius 2 is 1.76 bits per heavy atom. The van der Waals surface area contributed by atoms with Crippen LogP contribution in [0.25, 0.3) is 10.9 Å². The quantitative estimate of drug-likeness (QED) is 0.427. The van der Waals surface area contributed by atoms with E-state index in [9.17, 15) is 26.4 Å². The lowest BCUT2D eigenvalue weighted by atomic mass is 10.0. The van der Waals surface area contributed by atoms with Crippen molar-refractivity contribution in [2.45, 2.75) is 31.1 Å². The summed E-state index contributed by atoms with van der Waals surface area (Å²) in [5, 5.41) is -0.331. The summed E-state index contributed by atoms with van der Waals surface area (Å²) >= 11 is 6.03. The van der Waals surface area contributed by atoms with Crippen LogP contribution in [-0.2, 0) is 29.1 Å². The molecule has 0 atom stereocenters. The highest BCUT2D eigenvalue weighted by molar-refractivity contribution is 7.91. The molecule has 200 valence electrons. The van der Waals surface area contributed by atoms with Crippen molar-refractivity contribution in [3.8, 4) is 0 Å². The van der Waals surface area contributed by atoms with Crippen LogP contribution in [0.5, 0.6) is 0 Å². The molecule has 2 heterocycles. The zero-order valence-corrected chi connectivity index (χ0v) is 21.7. The summed E-state index contributed by atoms with van der Waals surface area (Å²) in [6, 6.07) is 4.70. The normalized spacial score (nSPS) is 16.0. The van der Waals surface area contributed by atoms with E-state index < -0.39 is 49.4 Å². The average Bonchev–Trinajstić information content (AvgIpc) is 2.83. The Bertz CT molecular complexity index is 1500. The molecule has 0 bridgehead atoms. The van der Waals surface area contributed by atoms with E-state index in [0.29, 0.717) is 32.2 Å². The number of likely N-dealkylation sites (N-methyl/N-ethyl adjacent to an activating group) is 1. The molecule has 0 radical (unpaired) electrons. The van der Waals surface area contributed by atoms with Gasteiger partial charge in [-0.3, -0.25) is 14.3 Å². The van der Waals surface area contributed by atoms with Crippen LogP contribution in [0.3, 0.4) is 0 Å². The van der Waals surface area contributed by atoms with Crippen LogP contribution in [0.15, 0.2) is 40.3 Å². The number of alkyl halides is 3. The van der Waals surface area contributed by atoms with Crippen LogP contribution < -0.4 is 5.56 Å². The largest absolute Gasteiger partial charge is 0.416 e. The predicted octanol–water partition coefficient (Wildman–Crippen LogP) is 3.80. The van der Waals surface area contributed by atoms with Crippen molar-refractivity contribution in [1.29, 1.82) is 0 Å². The van der Waals surface area contributed by atoms with Gasteiger partial charge >= 0.3 is 6.18 Å². The minimum atomic E-state index is -4.90. The first-order valence-electron chi connectivity index (χ1n) is 11.5. The molecule has 37 heavy (non-hydrogen) atoms. The lowest BCUT2D eigenvalue weighted by Crippen LogP contribution is -2.44. The highest BCUT2D eigenvalue weighted by atomic mass is 35.5. The van der Waals surface area contributed by atoms with E-state index in [0.717, 1.165) is 10.9 Å². The summed E-state index contributed by atoms with van der Waals surface area (Å²) in [5.41, 5.74) is -3.02. The van der Waals surface area contributed by atoms with Gasteiger partial charge in [-0.15, -0.1) is 0 Å². The Balaban J connectivity index is 1.82. The van der Waals surface area contributed by atoms with Gasteiger partial charge in [-0.2, -0.15) is 13.2 Å². The lowest BCUT2D eigenvalue weighted by molar-refractivity contribution is -0.138. The summed E-state index contributed by atoms with van der Waals surface area (Å²) in [4.78, 5) is 20.9. The standard InChI is InChI=1S/C24H25ClF4N4O3S/c1-3-37(35,36)20-5-4-16(25)10-15(20)12-33-14-30-22-17(23(33)34)11-19(24(27,28)29)18(21(22)26)13-32-8-6-31(2)7-9-32/h4-5,10-11,14H,3,6-9,12-13H2,1-2H3. The number of benzene rings is 2. The summed E-state index contributed by atoms with van der Waals surface area (Å²) < 4.78 is 83.5. The van der Waals surface area contributed by atoms with Crippen LogP contribution in [0.2, 0.25) is 5.02 Å². The first-order valence-corrected chi connectivity index (χ1v) is 13.5. The predicted molar refractivity (Wildman–Crippen MR) is 132 cm³/mol. The van der Waals surface area contributed by atoms with Crippen molar-refractivity contribution in [1.82, 2.24) is 19.4 Å². The molecule has 0 unspecified atom stereocenters. The van der Waals surface area contributed by atoms with Crippen molar-refractivity contribution in [2.24, 2.45) is 0 Å². The molecule has 7 nitrogen and oxygen atoms in total. The number of aromatic nitrogens is 2. The molecule has 0 spiro atoms. The molecule has 0 amide bonds. The molecule has 13 heteroatoms. The molecule has 0 saturated carbocycles. The Morgan fingerprint density at radius 3 is 2.38 bits per heavy atom. The fourth-order valence-electron chi connectivity index (χ4n) is 4.37. The monoisotopic (exact) mass is 560 g/mol. The van der Waals surface area contributed by atoms with E-state index in [1.807, 2.05) is 11.9 Å². The molecular weight excluding hydrogens is 536 g/mol. The third kappa shape index (κ3) is 5.66. The SMILES string of the molecule is CCS(=O)(=O)c1ccc(Cl)cc1Cn1cnc2c(F)c(CN3CCN(C)CC3)c(C(F)(F)F)cc2c1=O. The number of nitrogens with zero attached hydrogens (tertiary/aromatic N) is 4. The van der Waals surface area contributed by atoms with E-state index in [2.05, 4.69) is 4.98 Å². The fraction of sp³-hybridized carbons (Fsp3) is 0.417. The van der Waals surface area contributed by atoms with Crippen molar-refractivity contribution < 1.29 is 26.0 Å². The molecule has 0 aliphatic carbocycles. The first-order chi connectivity index (χ1) is 17.3. The van der Waals surface area contributed by atoms with Crippen molar-refractivity contribution in [2.75, 3.05) is 39.0 Å². The van der Waals surface area contributed by atoms with E-state index in [4.69, 9.17) is 11.6 Å². The lowest BCUT2D eigenvalue weighted by Gasteiger charge is -2.33. The van der Waals surface area contributed by atoms with Gasteiger partial charge in [0.05, 0.1) is 34.5 Å². The van der Waals surface area contributed by atoms with E-state index in [-0.39, 0.29) is 34.3 Å². The van der Waals surface area contributed by atoms with Gasteiger partial charge in [0.2, 0.25) is 0 Å². The number of piperazine rings is 1. The number of sulfone groups is 1.